The van der Waals surface area contributed by atoms with E-state index in [9.17, 15) is 9.18 Å². The third-order valence-corrected chi connectivity index (χ3v) is 3.50. The monoisotopic (exact) mass is 301 g/mol. The molecular formula is C14H21ClFN3O. The van der Waals surface area contributed by atoms with Crippen LogP contribution in [0.4, 0.5) is 4.39 Å². The van der Waals surface area contributed by atoms with Gasteiger partial charge in [0.05, 0.1) is 6.54 Å². The molecule has 0 radical (unpaired) electrons. The molecule has 0 atom stereocenters. The predicted molar refractivity (Wildman–Crippen MR) is 79.5 cm³/mol. The summed E-state index contributed by atoms with van der Waals surface area (Å²) >= 11 is 0. The van der Waals surface area contributed by atoms with Crippen molar-refractivity contribution in [2.45, 2.75) is 19.5 Å². The van der Waals surface area contributed by atoms with E-state index in [0.717, 1.165) is 18.7 Å². The van der Waals surface area contributed by atoms with E-state index in [2.05, 4.69) is 10.6 Å². The Morgan fingerprint density at radius 1 is 1.50 bits per heavy atom. The van der Waals surface area contributed by atoms with Crippen LogP contribution in [0.1, 0.15) is 11.1 Å². The minimum Gasteiger partial charge on any atom is -0.351 e. The fourth-order valence-corrected chi connectivity index (χ4v) is 1.94. The Morgan fingerprint density at radius 2 is 2.20 bits per heavy atom. The normalized spacial score (nSPS) is 14.6. The van der Waals surface area contributed by atoms with Crippen LogP contribution < -0.4 is 10.6 Å². The largest absolute Gasteiger partial charge is 0.351 e. The number of likely N-dealkylation sites (N-methyl/N-ethyl adjacent to an activating group) is 1. The maximum atomic E-state index is 13.3. The van der Waals surface area contributed by atoms with Crippen LogP contribution in [0.5, 0.6) is 0 Å². The zero-order chi connectivity index (χ0) is 13.8. The summed E-state index contributed by atoms with van der Waals surface area (Å²) in [4.78, 5) is 13.8. The first-order valence-electron chi connectivity index (χ1n) is 6.49. The Bertz CT molecular complexity index is 466. The number of aryl methyl sites for hydroxylation is 1. The molecule has 0 spiro atoms. The Labute approximate surface area is 125 Å². The van der Waals surface area contributed by atoms with Crippen LogP contribution in [0.2, 0.25) is 0 Å². The smallest absolute Gasteiger partial charge is 0.234 e. The Hall–Kier alpha value is -1.17. The second kappa shape index (κ2) is 7.57. The minimum absolute atomic E-state index is 0. The van der Waals surface area contributed by atoms with E-state index in [-0.39, 0.29) is 24.1 Å². The number of halogens is 2. The maximum absolute atomic E-state index is 13.3. The summed E-state index contributed by atoms with van der Waals surface area (Å²) < 4.78 is 13.3. The molecule has 1 amide bonds. The number of rotatable bonds is 5. The predicted octanol–water partition coefficient (Wildman–Crippen LogP) is 1.08. The highest BCUT2D eigenvalue weighted by Crippen LogP contribution is 2.09. The van der Waals surface area contributed by atoms with E-state index in [1.807, 2.05) is 18.0 Å². The lowest BCUT2D eigenvalue weighted by Crippen LogP contribution is -2.57. The zero-order valence-electron chi connectivity index (χ0n) is 11.8. The molecule has 0 bridgehead atoms. The van der Waals surface area contributed by atoms with Crippen LogP contribution in [0.15, 0.2) is 18.2 Å². The molecule has 1 aromatic rings. The number of amides is 1. The first kappa shape index (κ1) is 16.9. The van der Waals surface area contributed by atoms with Crippen LogP contribution in [0, 0.1) is 12.7 Å². The quantitative estimate of drug-likeness (QED) is 0.855. The highest BCUT2D eigenvalue weighted by molar-refractivity contribution is 5.85. The summed E-state index contributed by atoms with van der Waals surface area (Å²) in [7, 11) is 1.94. The molecule has 0 aromatic heterocycles. The second-order valence-corrected chi connectivity index (χ2v) is 5.09. The van der Waals surface area contributed by atoms with E-state index in [4.69, 9.17) is 0 Å². The van der Waals surface area contributed by atoms with Gasteiger partial charge in [0.25, 0.3) is 0 Å². The third kappa shape index (κ3) is 4.44. The average Bonchev–Trinajstić information content (AvgIpc) is 2.28. The van der Waals surface area contributed by atoms with Gasteiger partial charge in [0, 0.05) is 25.7 Å². The van der Waals surface area contributed by atoms with Crippen molar-refractivity contribution in [2.75, 3.05) is 26.7 Å². The van der Waals surface area contributed by atoms with Gasteiger partial charge in [-0.2, -0.15) is 0 Å². The SMILES string of the molecule is Cc1ccc(CNC(=O)CN(C)C2CNC2)cc1F.Cl. The second-order valence-electron chi connectivity index (χ2n) is 5.09. The standard InChI is InChI=1S/C14H20FN3O.ClH/c1-10-3-4-11(5-13(10)15)6-17-14(19)9-18(2)12-7-16-8-12;/h3-5,12,16H,6-9H2,1-2H3,(H,17,19);1H. The molecule has 1 aromatic carbocycles. The van der Waals surface area contributed by atoms with Crippen LogP contribution in [0.25, 0.3) is 0 Å². The van der Waals surface area contributed by atoms with Crippen LogP contribution in [-0.4, -0.2) is 43.5 Å². The summed E-state index contributed by atoms with van der Waals surface area (Å²) in [6.45, 7) is 4.34. The van der Waals surface area contributed by atoms with Crippen molar-refractivity contribution < 1.29 is 9.18 Å². The molecule has 0 unspecified atom stereocenters. The lowest BCUT2D eigenvalue weighted by Gasteiger charge is -2.35. The van der Waals surface area contributed by atoms with E-state index >= 15 is 0 Å². The summed E-state index contributed by atoms with van der Waals surface area (Å²) in [6.07, 6.45) is 0. The number of nitrogens with zero attached hydrogens (tertiary/aromatic N) is 1. The molecule has 4 nitrogen and oxygen atoms in total. The summed E-state index contributed by atoms with van der Waals surface area (Å²) in [5, 5.41) is 5.98. The first-order chi connectivity index (χ1) is 9.06. The lowest BCUT2D eigenvalue weighted by molar-refractivity contribution is -0.122. The molecule has 6 heteroatoms. The fraction of sp³-hybridized carbons (Fsp3) is 0.500. The number of nitrogens with one attached hydrogen (secondary N) is 2. The van der Waals surface area contributed by atoms with Gasteiger partial charge < -0.3 is 10.6 Å². The third-order valence-electron chi connectivity index (χ3n) is 3.50. The Balaban J connectivity index is 0.00000200. The molecule has 0 aliphatic carbocycles. The van der Waals surface area contributed by atoms with Crippen molar-refractivity contribution in [1.29, 1.82) is 0 Å². The molecule has 1 aliphatic rings. The molecule has 112 valence electrons. The topological polar surface area (TPSA) is 44.4 Å². The van der Waals surface area contributed by atoms with Gasteiger partial charge in [0.15, 0.2) is 0 Å². The van der Waals surface area contributed by atoms with E-state index in [0.29, 0.717) is 24.7 Å². The average molecular weight is 302 g/mol. The van der Waals surface area contributed by atoms with Gasteiger partial charge in [0.2, 0.25) is 5.91 Å². The molecule has 0 saturated carbocycles. The number of carbonyl (C=O) groups excluding carboxylic acids is 1. The highest BCUT2D eigenvalue weighted by Gasteiger charge is 2.22. The molecular weight excluding hydrogens is 281 g/mol. The Morgan fingerprint density at radius 3 is 2.75 bits per heavy atom. The van der Waals surface area contributed by atoms with E-state index < -0.39 is 0 Å². The van der Waals surface area contributed by atoms with Gasteiger partial charge in [-0.25, -0.2) is 4.39 Å². The van der Waals surface area contributed by atoms with Crippen LogP contribution >= 0.6 is 12.4 Å². The molecule has 1 heterocycles. The van der Waals surface area contributed by atoms with Crippen molar-refractivity contribution >= 4 is 18.3 Å². The van der Waals surface area contributed by atoms with Crippen molar-refractivity contribution in [3.63, 3.8) is 0 Å². The van der Waals surface area contributed by atoms with Crippen molar-refractivity contribution in [3.05, 3.63) is 35.1 Å². The van der Waals surface area contributed by atoms with E-state index in [1.54, 1.807) is 13.0 Å². The number of hydrogen-bond acceptors (Lipinski definition) is 3. The Kier molecular flexibility index (Phi) is 6.39. The molecule has 1 fully saturated rings. The van der Waals surface area contributed by atoms with Gasteiger partial charge in [0.1, 0.15) is 5.82 Å². The summed E-state index contributed by atoms with van der Waals surface area (Å²) in [5.74, 6) is -0.264. The summed E-state index contributed by atoms with van der Waals surface area (Å²) in [5.41, 5.74) is 1.40. The number of hydrogen-bond donors (Lipinski definition) is 2. The van der Waals surface area contributed by atoms with Crippen LogP contribution in [0.3, 0.4) is 0 Å². The fourth-order valence-electron chi connectivity index (χ4n) is 1.94. The molecule has 2 N–H and O–H groups in total. The minimum atomic E-state index is -0.232. The van der Waals surface area contributed by atoms with Gasteiger partial charge in [-0.05, 0) is 31.2 Å². The summed E-state index contributed by atoms with van der Waals surface area (Å²) in [6, 6.07) is 5.47. The van der Waals surface area contributed by atoms with Gasteiger partial charge in [-0.1, -0.05) is 12.1 Å². The van der Waals surface area contributed by atoms with Crippen molar-refractivity contribution in [2.24, 2.45) is 0 Å². The van der Waals surface area contributed by atoms with Gasteiger partial charge >= 0.3 is 0 Å². The molecule has 1 saturated heterocycles. The number of carbonyl (C=O) groups is 1. The molecule has 2 rings (SSSR count). The van der Waals surface area contributed by atoms with Crippen LogP contribution in [-0.2, 0) is 11.3 Å². The maximum Gasteiger partial charge on any atom is 0.234 e. The first-order valence-corrected chi connectivity index (χ1v) is 6.49. The lowest BCUT2D eigenvalue weighted by atomic mass is 10.1. The van der Waals surface area contributed by atoms with Gasteiger partial charge in [-0.15, -0.1) is 12.4 Å². The molecule has 1 aliphatic heterocycles. The van der Waals surface area contributed by atoms with Crippen molar-refractivity contribution in [1.82, 2.24) is 15.5 Å². The van der Waals surface area contributed by atoms with E-state index in [1.165, 1.54) is 6.07 Å². The zero-order valence-corrected chi connectivity index (χ0v) is 12.6. The van der Waals surface area contributed by atoms with Crippen molar-refractivity contribution in [3.8, 4) is 0 Å². The highest BCUT2D eigenvalue weighted by atomic mass is 35.5. The number of benzene rings is 1. The molecule has 20 heavy (non-hydrogen) atoms. The van der Waals surface area contributed by atoms with Gasteiger partial charge in [-0.3, -0.25) is 9.69 Å².